The van der Waals surface area contributed by atoms with E-state index < -0.39 is 11.9 Å². The van der Waals surface area contributed by atoms with Crippen LogP contribution in [0.1, 0.15) is 19.5 Å². The maximum absolute atomic E-state index is 12.3. The average molecular weight is 236 g/mol. The maximum atomic E-state index is 12.3. The summed E-state index contributed by atoms with van der Waals surface area (Å²) in [6.07, 6.45) is -3.37. The molecule has 0 saturated carbocycles. The van der Waals surface area contributed by atoms with Crippen molar-refractivity contribution in [3.8, 4) is 0 Å². The van der Waals surface area contributed by atoms with Crippen LogP contribution in [0.5, 0.6) is 0 Å². The van der Waals surface area contributed by atoms with Crippen molar-refractivity contribution in [2.75, 3.05) is 5.73 Å². The predicted octanol–water partition coefficient (Wildman–Crippen LogP) is 3.18. The summed E-state index contributed by atoms with van der Waals surface area (Å²) in [5, 5.41) is 0.177. The molecule has 0 aliphatic heterocycles. The van der Waals surface area contributed by atoms with Gasteiger partial charge in [0.2, 0.25) is 0 Å². The summed E-state index contributed by atoms with van der Waals surface area (Å²) in [7, 11) is 0. The van der Waals surface area contributed by atoms with E-state index in [9.17, 15) is 13.2 Å². The highest BCUT2D eigenvalue weighted by molar-refractivity contribution is 8.00. The van der Waals surface area contributed by atoms with Gasteiger partial charge in [-0.3, -0.25) is 0 Å². The Morgan fingerprint density at radius 2 is 2.00 bits per heavy atom. The van der Waals surface area contributed by atoms with Crippen LogP contribution in [0, 0.1) is 0 Å². The van der Waals surface area contributed by atoms with Gasteiger partial charge in [0.1, 0.15) is 5.69 Å². The zero-order valence-electron chi connectivity index (χ0n) is 8.30. The number of nitrogens with two attached hydrogens (primary N) is 1. The van der Waals surface area contributed by atoms with Crippen LogP contribution in [-0.2, 0) is 6.18 Å². The summed E-state index contributed by atoms with van der Waals surface area (Å²) in [5.41, 5.74) is 4.91. The molecule has 0 aliphatic rings. The van der Waals surface area contributed by atoms with E-state index >= 15 is 0 Å². The van der Waals surface area contributed by atoms with Gasteiger partial charge in [0.15, 0.2) is 0 Å². The molecule has 1 rings (SSSR count). The van der Waals surface area contributed by atoms with Crippen LogP contribution in [0.2, 0.25) is 0 Å². The molecular weight excluding hydrogens is 225 g/mol. The molecule has 84 valence electrons. The van der Waals surface area contributed by atoms with Crippen molar-refractivity contribution in [3.63, 3.8) is 0 Å². The number of aromatic nitrogens is 1. The minimum Gasteiger partial charge on any atom is -0.397 e. The zero-order chi connectivity index (χ0) is 11.6. The second-order valence-electron chi connectivity index (χ2n) is 3.27. The van der Waals surface area contributed by atoms with Crippen molar-refractivity contribution in [2.24, 2.45) is 0 Å². The van der Waals surface area contributed by atoms with Gasteiger partial charge in [-0.15, -0.1) is 11.8 Å². The quantitative estimate of drug-likeness (QED) is 0.801. The fourth-order valence-corrected chi connectivity index (χ4v) is 1.83. The molecule has 2 nitrogen and oxygen atoms in total. The van der Waals surface area contributed by atoms with Gasteiger partial charge in [0, 0.05) is 10.1 Å². The Balaban J connectivity index is 3.06. The topological polar surface area (TPSA) is 38.9 Å². The second kappa shape index (κ2) is 4.30. The Labute approximate surface area is 90.1 Å². The summed E-state index contributed by atoms with van der Waals surface area (Å²) in [6.45, 7) is 3.77. The molecule has 0 aromatic carbocycles. The second-order valence-corrected chi connectivity index (χ2v) is 4.89. The molecule has 0 atom stereocenters. The molecule has 1 heterocycles. The molecule has 0 amide bonds. The number of pyridine rings is 1. The third-order valence-electron chi connectivity index (χ3n) is 1.55. The lowest BCUT2D eigenvalue weighted by atomic mass is 10.3. The van der Waals surface area contributed by atoms with Gasteiger partial charge in [0.25, 0.3) is 0 Å². The molecule has 6 heteroatoms. The van der Waals surface area contributed by atoms with Crippen molar-refractivity contribution in [1.82, 2.24) is 4.98 Å². The highest BCUT2D eigenvalue weighted by Crippen LogP contribution is 2.34. The van der Waals surface area contributed by atoms with Gasteiger partial charge < -0.3 is 5.73 Å². The summed E-state index contributed by atoms with van der Waals surface area (Å²) >= 11 is 1.29. The molecule has 1 aromatic heterocycles. The molecule has 0 saturated heterocycles. The van der Waals surface area contributed by atoms with Gasteiger partial charge in [-0.05, 0) is 6.07 Å². The third-order valence-corrected chi connectivity index (χ3v) is 2.63. The molecule has 0 bridgehead atoms. The van der Waals surface area contributed by atoms with E-state index in [1.807, 2.05) is 13.8 Å². The molecule has 2 N–H and O–H groups in total. The van der Waals surface area contributed by atoms with Gasteiger partial charge in [-0.2, -0.15) is 13.2 Å². The largest absolute Gasteiger partial charge is 0.433 e. The predicted molar refractivity (Wildman–Crippen MR) is 54.6 cm³/mol. The number of thioether (sulfide) groups is 1. The Bertz CT molecular complexity index is 350. The first-order valence-electron chi connectivity index (χ1n) is 4.30. The smallest absolute Gasteiger partial charge is 0.397 e. The van der Waals surface area contributed by atoms with Crippen molar-refractivity contribution < 1.29 is 13.2 Å². The highest BCUT2D eigenvalue weighted by atomic mass is 32.2. The van der Waals surface area contributed by atoms with E-state index in [4.69, 9.17) is 5.73 Å². The number of hydrogen-bond donors (Lipinski definition) is 1. The standard InChI is InChI=1S/C9H11F3N2S/c1-5(2)15-7-3-8(9(10,11)12)14-4-6(7)13/h3-5H,13H2,1-2H3. The lowest BCUT2D eigenvalue weighted by Gasteiger charge is -2.11. The number of nitrogen functional groups attached to an aromatic ring is 1. The van der Waals surface area contributed by atoms with Gasteiger partial charge in [-0.25, -0.2) is 4.98 Å². The lowest BCUT2D eigenvalue weighted by molar-refractivity contribution is -0.141. The van der Waals surface area contributed by atoms with E-state index in [0.29, 0.717) is 4.90 Å². The number of halogens is 3. The minimum absolute atomic E-state index is 0.177. The van der Waals surface area contributed by atoms with Gasteiger partial charge in [-0.1, -0.05) is 13.8 Å². The number of hydrogen-bond acceptors (Lipinski definition) is 3. The van der Waals surface area contributed by atoms with E-state index in [-0.39, 0.29) is 10.9 Å². The van der Waals surface area contributed by atoms with Crippen LogP contribution in [-0.4, -0.2) is 10.2 Å². The Morgan fingerprint density at radius 3 is 2.47 bits per heavy atom. The molecule has 0 spiro atoms. The van der Waals surface area contributed by atoms with Gasteiger partial charge in [0.05, 0.1) is 11.9 Å². The normalized spacial score (nSPS) is 12.1. The van der Waals surface area contributed by atoms with Gasteiger partial charge >= 0.3 is 6.18 Å². The van der Waals surface area contributed by atoms with Crippen LogP contribution >= 0.6 is 11.8 Å². The van der Waals surface area contributed by atoms with Crippen LogP contribution < -0.4 is 5.73 Å². The highest BCUT2D eigenvalue weighted by Gasteiger charge is 2.32. The number of anilines is 1. The fourth-order valence-electron chi connectivity index (χ4n) is 0.959. The summed E-state index contributed by atoms with van der Waals surface area (Å²) in [5.74, 6) is 0. The van der Waals surface area contributed by atoms with Crippen LogP contribution in [0.25, 0.3) is 0 Å². The monoisotopic (exact) mass is 236 g/mol. The Kier molecular flexibility index (Phi) is 3.49. The zero-order valence-corrected chi connectivity index (χ0v) is 9.12. The molecular formula is C9H11F3N2S. The van der Waals surface area contributed by atoms with E-state index in [1.54, 1.807) is 0 Å². The van der Waals surface area contributed by atoms with Crippen LogP contribution in [0.15, 0.2) is 17.2 Å². The molecule has 0 aliphatic carbocycles. The van der Waals surface area contributed by atoms with E-state index in [0.717, 1.165) is 12.3 Å². The van der Waals surface area contributed by atoms with Crippen molar-refractivity contribution in [3.05, 3.63) is 18.0 Å². The van der Waals surface area contributed by atoms with Crippen LogP contribution in [0.3, 0.4) is 0 Å². The molecule has 15 heavy (non-hydrogen) atoms. The van der Waals surface area contributed by atoms with Crippen molar-refractivity contribution in [2.45, 2.75) is 30.2 Å². The minimum atomic E-state index is -4.42. The first kappa shape index (κ1) is 12.2. The first-order chi connectivity index (χ1) is 6.80. The Morgan fingerprint density at radius 1 is 1.40 bits per heavy atom. The summed E-state index contributed by atoms with van der Waals surface area (Å²) in [4.78, 5) is 3.68. The van der Waals surface area contributed by atoms with Crippen molar-refractivity contribution in [1.29, 1.82) is 0 Å². The molecule has 0 fully saturated rings. The summed E-state index contributed by atoms with van der Waals surface area (Å²) in [6, 6.07) is 0.986. The lowest BCUT2D eigenvalue weighted by Crippen LogP contribution is -2.09. The SMILES string of the molecule is CC(C)Sc1cc(C(F)(F)F)ncc1N. The fraction of sp³-hybridized carbons (Fsp3) is 0.444. The average Bonchev–Trinajstić information content (AvgIpc) is 2.06. The molecule has 0 unspecified atom stereocenters. The Hall–Kier alpha value is -0.910. The third kappa shape index (κ3) is 3.30. The number of rotatable bonds is 2. The summed E-state index contributed by atoms with van der Waals surface area (Å²) < 4.78 is 37.0. The number of alkyl halides is 3. The van der Waals surface area contributed by atoms with E-state index in [2.05, 4.69) is 4.98 Å². The molecule has 1 aromatic rings. The first-order valence-corrected chi connectivity index (χ1v) is 5.18. The number of nitrogens with zero attached hydrogens (tertiary/aromatic N) is 1. The van der Waals surface area contributed by atoms with Crippen LogP contribution in [0.4, 0.5) is 18.9 Å². The van der Waals surface area contributed by atoms with E-state index in [1.165, 1.54) is 11.8 Å². The molecule has 0 radical (unpaired) electrons. The van der Waals surface area contributed by atoms with Crippen molar-refractivity contribution >= 4 is 17.4 Å². The maximum Gasteiger partial charge on any atom is 0.433 e.